The van der Waals surface area contributed by atoms with Crippen LogP contribution in [0.25, 0.3) is 0 Å². The van der Waals surface area contributed by atoms with E-state index in [0.717, 1.165) is 29.5 Å². The van der Waals surface area contributed by atoms with Gasteiger partial charge >= 0.3 is 5.97 Å². The van der Waals surface area contributed by atoms with Gasteiger partial charge in [-0.1, -0.05) is 66.7 Å². The number of amides is 1. The zero-order valence-corrected chi connectivity index (χ0v) is 18.5. The van der Waals surface area contributed by atoms with Crippen molar-refractivity contribution in [1.82, 2.24) is 5.32 Å². The SMILES string of the molecule is COc1cc(CC[C@@H](C)NC(=O)Cc2ccccc2)ccc1OC(=O)Cc1ccccc1. The van der Waals surface area contributed by atoms with Crippen LogP contribution in [0, 0.1) is 0 Å². The van der Waals surface area contributed by atoms with E-state index in [-0.39, 0.29) is 24.3 Å². The first-order valence-electron chi connectivity index (χ1n) is 10.8. The number of carbonyl (C=O) groups is 2. The Balaban J connectivity index is 1.50. The van der Waals surface area contributed by atoms with E-state index < -0.39 is 0 Å². The summed E-state index contributed by atoms with van der Waals surface area (Å²) >= 11 is 0. The van der Waals surface area contributed by atoms with Crippen LogP contribution in [0.2, 0.25) is 0 Å². The third-order valence-electron chi connectivity index (χ3n) is 5.12. The number of esters is 1. The lowest BCUT2D eigenvalue weighted by Crippen LogP contribution is -2.34. The molecule has 0 radical (unpaired) electrons. The van der Waals surface area contributed by atoms with Crippen molar-refractivity contribution in [2.45, 2.75) is 38.6 Å². The molecule has 0 aliphatic rings. The van der Waals surface area contributed by atoms with E-state index in [0.29, 0.717) is 17.9 Å². The van der Waals surface area contributed by atoms with Crippen molar-refractivity contribution < 1.29 is 19.1 Å². The van der Waals surface area contributed by atoms with E-state index in [1.807, 2.05) is 79.7 Å². The smallest absolute Gasteiger partial charge is 0.315 e. The Morgan fingerprint density at radius 2 is 1.44 bits per heavy atom. The molecule has 3 rings (SSSR count). The number of rotatable bonds is 10. The maximum atomic E-state index is 12.3. The van der Waals surface area contributed by atoms with Crippen LogP contribution in [-0.4, -0.2) is 25.0 Å². The van der Waals surface area contributed by atoms with Gasteiger partial charge in [-0.05, 0) is 48.6 Å². The molecule has 5 nitrogen and oxygen atoms in total. The third-order valence-corrected chi connectivity index (χ3v) is 5.12. The Morgan fingerprint density at radius 1 is 0.812 bits per heavy atom. The van der Waals surface area contributed by atoms with Crippen molar-refractivity contribution >= 4 is 11.9 Å². The highest BCUT2D eigenvalue weighted by Crippen LogP contribution is 2.29. The molecule has 1 N–H and O–H groups in total. The van der Waals surface area contributed by atoms with Crippen molar-refractivity contribution in [3.63, 3.8) is 0 Å². The van der Waals surface area contributed by atoms with Gasteiger partial charge in [-0.25, -0.2) is 0 Å². The van der Waals surface area contributed by atoms with Gasteiger partial charge < -0.3 is 14.8 Å². The zero-order valence-electron chi connectivity index (χ0n) is 18.5. The van der Waals surface area contributed by atoms with Crippen LogP contribution in [0.4, 0.5) is 0 Å². The molecule has 0 unspecified atom stereocenters. The molecular formula is C27H29NO4. The Kier molecular flexibility index (Phi) is 8.44. The number of aryl methyl sites for hydroxylation is 1. The fraction of sp³-hybridized carbons (Fsp3) is 0.259. The lowest BCUT2D eigenvalue weighted by molar-refractivity contribution is -0.133. The molecular weight excluding hydrogens is 402 g/mol. The summed E-state index contributed by atoms with van der Waals surface area (Å²) in [5.41, 5.74) is 2.95. The molecule has 1 atom stereocenters. The average Bonchev–Trinajstić information content (AvgIpc) is 2.79. The van der Waals surface area contributed by atoms with Gasteiger partial charge in [0.1, 0.15) is 0 Å². The van der Waals surface area contributed by atoms with Crippen molar-refractivity contribution in [3.05, 3.63) is 95.6 Å². The van der Waals surface area contributed by atoms with Crippen LogP contribution >= 0.6 is 0 Å². The van der Waals surface area contributed by atoms with E-state index in [1.54, 1.807) is 13.2 Å². The molecule has 5 heteroatoms. The van der Waals surface area contributed by atoms with Crippen LogP contribution in [0.5, 0.6) is 11.5 Å². The predicted octanol–water partition coefficient (Wildman–Crippen LogP) is 4.52. The topological polar surface area (TPSA) is 64.6 Å². The molecule has 0 fully saturated rings. The van der Waals surface area contributed by atoms with E-state index in [9.17, 15) is 9.59 Å². The summed E-state index contributed by atoms with van der Waals surface area (Å²) in [6, 6.07) is 24.8. The standard InChI is InChI=1S/C27H29NO4/c1-20(28-26(29)18-21-9-5-3-6-10-21)13-14-23-15-16-24(25(17-23)31-2)32-27(30)19-22-11-7-4-8-12-22/h3-12,15-17,20H,13-14,18-19H2,1-2H3,(H,28,29)/t20-/m1/s1. The summed E-state index contributed by atoms with van der Waals surface area (Å²) in [4.78, 5) is 24.5. The molecule has 1 amide bonds. The first-order chi connectivity index (χ1) is 15.5. The minimum atomic E-state index is -0.336. The van der Waals surface area contributed by atoms with Gasteiger partial charge in [0.25, 0.3) is 0 Å². The van der Waals surface area contributed by atoms with Gasteiger partial charge in [-0.2, -0.15) is 0 Å². The molecule has 32 heavy (non-hydrogen) atoms. The third kappa shape index (κ3) is 7.27. The Hall–Kier alpha value is -3.60. The Morgan fingerprint density at radius 3 is 2.06 bits per heavy atom. The second kappa shape index (κ2) is 11.7. The first kappa shape index (κ1) is 23.1. The molecule has 3 aromatic rings. The minimum Gasteiger partial charge on any atom is -0.493 e. The molecule has 0 bridgehead atoms. The second-order valence-corrected chi connectivity index (χ2v) is 7.79. The van der Waals surface area contributed by atoms with Crippen LogP contribution < -0.4 is 14.8 Å². The number of carbonyl (C=O) groups excluding carboxylic acids is 2. The molecule has 0 aliphatic heterocycles. The zero-order chi connectivity index (χ0) is 22.8. The van der Waals surface area contributed by atoms with Crippen LogP contribution in [0.3, 0.4) is 0 Å². The number of benzene rings is 3. The van der Waals surface area contributed by atoms with Gasteiger partial charge in [0.15, 0.2) is 11.5 Å². The molecule has 0 aliphatic carbocycles. The number of nitrogens with one attached hydrogen (secondary N) is 1. The van der Waals surface area contributed by atoms with E-state index >= 15 is 0 Å². The summed E-state index contributed by atoms with van der Waals surface area (Å²) in [5, 5.41) is 3.05. The van der Waals surface area contributed by atoms with Crippen LogP contribution in [0.15, 0.2) is 78.9 Å². The van der Waals surface area contributed by atoms with E-state index in [2.05, 4.69) is 5.32 Å². The number of methoxy groups -OCH3 is 1. The molecule has 0 aromatic heterocycles. The van der Waals surface area contributed by atoms with Crippen molar-refractivity contribution in [2.75, 3.05) is 7.11 Å². The highest BCUT2D eigenvalue weighted by atomic mass is 16.6. The largest absolute Gasteiger partial charge is 0.493 e. The fourth-order valence-corrected chi connectivity index (χ4v) is 3.44. The van der Waals surface area contributed by atoms with E-state index in [1.165, 1.54) is 0 Å². The van der Waals surface area contributed by atoms with Gasteiger partial charge in [0.05, 0.1) is 20.0 Å². The maximum Gasteiger partial charge on any atom is 0.315 e. The van der Waals surface area contributed by atoms with Crippen molar-refractivity contribution in [2.24, 2.45) is 0 Å². The number of hydrogen-bond donors (Lipinski definition) is 1. The van der Waals surface area contributed by atoms with Gasteiger partial charge in [0.2, 0.25) is 5.91 Å². The quantitative estimate of drug-likeness (QED) is 0.379. The van der Waals surface area contributed by atoms with Gasteiger partial charge in [0, 0.05) is 6.04 Å². The molecule has 0 spiro atoms. The normalized spacial score (nSPS) is 11.4. The summed E-state index contributed by atoms with van der Waals surface area (Å²) in [6.45, 7) is 2.00. The summed E-state index contributed by atoms with van der Waals surface area (Å²) < 4.78 is 10.9. The molecule has 0 heterocycles. The highest BCUT2D eigenvalue weighted by molar-refractivity contribution is 5.78. The minimum absolute atomic E-state index is 0.0157. The fourth-order valence-electron chi connectivity index (χ4n) is 3.44. The van der Waals surface area contributed by atoms with Gasteiger partial charge in [-0.15, -0.1) is 0 Å². The lowest BCUT2D eigenvalue weighted by Gasteiger charge is -2.15. The molecule has 0 saturated heterocycles. The Labute approximate surface area is 189 Å². The molecule has 166 valence electrons. The van der Waals surface area contributed by atoms with Gasteiger partial charge in [-0.3, -0.25) is 9.59 Å². The molecule has 3 aromatic carbocycles. The second-order valence-electron chi connectivity index (χ2n) is 7.79. The number of ether oxygens (including phenoxy) is 2. The van der Waals surface area contributed by atoms with Crippen molar-refractivity contribution in [1.29, 1.82) is 0 Å². The van der Waals surface area contributed by atoms with Crippen molar-refractivity contribution in [3.8, 4) is 11.5 Å². The summed E-state index contributed by atoms with van der Waals surface area (Å²) in [6.07, 6.45) is 2.13. The van der Waals surface area contributed by atoms with E-state index in [4.69, 9.17) is 9.47 Å². The van der Waals surface area contributed by atoms with Crippen LogP contribution in [-0.2, 0) is 28.9 Å². The lowest BCUT2D eigenvalue weighted by atomic mass is 10.0. The van der Waals surface area contributed by atoms with Crippen LogP contribution in [0.1, 0.15) is 30.0 Å². The molecule has 0 saturated carbocycles. The first-order valence-corrected chi connectivity index (χ1v) is 10.8. The predicted molar refractivity (Wildman–Crippen MR) is 125 cm³/mol. The highest BCUT2D eigenvalue weighted by Gasteiger charge is 2.13. The Bertz CT molecular complexity index is 1020. The summed E-state index contributed by atoms with van der Waals surface area (Å²) in [7, 11) is 1.56. The number of hydrogen-bond acceptors (Lipinski definition) is 4. The summed E-state index contributed by atoms with van der Waals surface area (Å²) in [5.74, 6) is 0.602. The maximum absolute atomic E-state index is 12.3. The average molecular weight is 432 g/mol. The monoisotopic (exact) mass is 431 g/mol.